The first kappa shape index (κ1) is 14.8. The number of rotatable bonds is 5. The van der Waals surface area contributed by atoms with E-state index in [1.165, 1.54) is 0 Å². The Kier molecular flexibility index (Phi) is 4.26. The second kappa shape index (κ2) is 5.78. The van der Waals surface area contributed by atoms with Crippen LogP contribution in [0.3, 0.4) is 0 Å². The van der Waals surface area contributed by atoms with Gasteiger partial charge in [0.05, 0.1) is 17.6 Å². The van der Waals surface area contributed by atoms with Crippen molar-refractivity contribution in [1.82, 2.24) is 15.0 Å². The average Bonchev–Trinajstić information content (AvgIpc) is 2.67. The highest BCUT2D eigenvalue weighted by molar-refractivity contribution is 7.91. The van der Waals surface area contributed by atoms with Crippen molar-refractivity contribution < 1.29 is 13.2 Å². The Hall–Kier alpha value is -1.64. The number of nitrogens with zero attached hydrogens (tertiary/aromatic N) is 3. The Bertz CT molecular complexity index is 575. The summed E-state index contributed by atoms with van der Waals surface area (Å²) in [5.74, 6) is 0.999. The van der Waals surface area contributed by atoms with Gasteiger partial charge in [0.15, 0.2) is 9.84 Å². The first-order valence-corrected chi connectivity index (χ1v) is 8.27. The standard InChI is InChI=1S/C11H19N5O3S/c1-7(2)19-11-15-9(12-3)14-10(16-11)13-8-4-5-20(17,18)6-8/h7-8H,4-6H2,1-3H3,(H2,12,13,14,15,16). The molecule has 2 rings (SSSR count). The Labute approximate surface area is 118 Å². The molecular weight excluding hydrogens is 282 g/mol. The van der Waals surface area contributed by atoms with Gasteiger partial charge in [0.1, 0.15) is 0 Å². The van der Waals surface area contributed by atoms with Crippen molar-refractivity contribution in [1.29, 1.82) is 0 Å². The number of hydrogen-bond acceptors (Lipinski definition) is 8. The number of sulfone groups is 1. The molecule has 1 aromatic rings. The summed E-state index contributed by atoms with van der Waals surface area (Å²) < 4.78 is 28.3. The van der Waals surface area contributed by atoms with Crippen LogP contribution in [0.5, 0.6) is 6.01 Å². The summed E-state index contributed by atoms with van der Waals surface area (Å²) in [7, 11) is -1.25. The van der Waals surface area contributed by atoms with Gasteiger partial charge in [-0.2, -0.15) is 15.0 Å². The normalized spacial score (nSPS) is 20.9. The maximum absolute atomic E-state index is 11.4. The molecule has 0 amide bonds. The van der Waals surface area contributed by atoms with E-state index < -0.39 is 9.84 Å². The van der Waals surface area contributed by atoms with Crippen LogP contribution in [-0.2, 0) is 9.84 Å². The Balaban J connectivity index is 2.14. The van der Waals surface area contributed by atoms with Crippen LogP contribution in [0, 0.1) is 0 Å². The van der Waals surface area contributed by atoms with Crippen LogP contribution < -0.4 is 15.4 Å². The number of aromatic nitrogens is 3. The zero-order chi connectivity index (χ0) is 14.8. The number of hydrogen-bond donors (Lipinski definition) is 2. The minimum absolute atomic E-state index is 0.0539. The van der Waals surface area contributed by atoms with Crippen molar-refractivity contribution in [2.45, 2.75) is 32.4 Å². The van der Waals surface area contributed by atoms with Crippen LogP contribution in [0.4, 0.5) is 11.9 Å². The monoisotopic (exact) mass is 301 g/mol. The lowest BCUT2D eigenvalue weighted by atomic mass is 10.3. The summed E-state index contributed by atoms with van der Waals surface area (Å²) in [6.45, 7) is 3.75. The van der Waals surface area contributed by atoms with Crippen molar-refractivity contribution in [3.05, 3.63) is 0 Å². The van der Waals surface area contributed by atoms with Gasteiger partial charge in [0, 0.05) is 13.1 Å². The van der Waals surface area contributed by atoms with Gasteiger partial charge in [0.2, 0.25) is 11.9 Å². The summed E-state index contributed by atoms with van der Waals surface area (Å²) in [6, 6.07) is 0.0433. The molecule has 8 nitrogen and oxygen atoms in total. The minimum atomic E-state index is -2.94. The van der Waals surface area contributed by atoms with Gasteiger partial charge in [-0.15, -0.1) is 0 Å². The SMILES string of the molecule is CNc1nc(NC2CCS(=O)(=O)C2)nc(OC(C)C)n1. The summed E-state index contributed by atoms with van der Waals surface area (Å²) in [6.07, 6.45) is 0.505. The number of nitrogens with one attached hydrogen (secondary N) is 2. The minimum Gasteiger partial charge on any atom is -0.461 e. The molecule has 0 saturated carbocycles. The maximum atomic E-state index is 11.4. The molecule has 1 aliphatic heterocycles. The summed E-state index contributed by atoms with van der Waals surface area (Å²) in [4.78, 5) is 12.4. The first-order chi connectivity index (χ1) is 9.38. The van der Waals surface area contributed by atoms with Crippen molar-refractivity contribution in [3.63, 3.8) is 0 Å². The highest BCUT2D eigenvalue weighted by Gasteiger charge is 2.28. The molecule has 1 aromatic heterocycles. The molecule has 112 valence electrons. The van der Waals surface area contributed by atoms with E-state index in [4.69, 9.17) is 4.74 Å². The van der Waals surface area contributed by atoms with Gasteiger partial charge in [-0.3, -0.25) is 0 Å². The van der Waals surface area contributed by atoms with E-state index in [0.717, 1.165) is 0 Å². The molecule has 0 aromatic carbocycles. The van der Waals surface area contributed by atoms with Crippen molar-refractivity contribution in [3.8, 4) is 6.01 Å². The molecular formula is C11H19N5O3S. The van der Waals surface area contributed by atoms with Crippen molar-refractivity contribution >= 4 is 21.7 Å². The first-order valence-electron chi connectivity index (χ1n) is 6.45. The van der Waals surface area contributed by atoms with Gasteiger partial charge in [0.25, 0.3) is 0 Å². The van der Waals surface area contributed by atoms with Crippen molar-refractivity contribution in [2.24, 2.45) is 0 Å². The molecule has 1 saturated heterocycles. The van der Waals surface area contributed by atoms with Crippen molar-refractivity contribution in [2.75, 3.05) is 29.2 Å². The van der Waals surface area contributed by atoms with E-state index in [2.05, 4.69) is 25.6 Å². The lowest BCUT2D eigenvalue weighted by Gasteiger charge is -2.13. The van der Waals surface area contributed by atoms with Gasteiger partial charge in [-0.05, 0) is 20.3 Å². The van der Waals surface area contributed by atoms with Crippen LogP contribution in [-0.4, -0.2) is 54.1 Å². The molecule has 1 fully saturated rings. The fraction of sp³-hybridized carbons (Fsp3) is 0.727. The van der Waals surface area contributed by atoms with Crippen LogP contribution >= 0.6 is 0 Å². The van der Waals surface area contributed by atoms with Gasteiger partial charge >= 0.3 is 6.01 Å². The highest BCUT2D eigenvalue weighted by atomic mass is 32.2. The van der Waals surface area contributed by atoms with Crippen LogP contribution in [0.25, 0.3) is 0 Å². The predicted molar refractivity (Wildman–Crippen MR) is 75.8 cm³/mol. The predicted octanol–water partition coefficient (Wildman–Crippen LogP) is 0.299. The van der Waals surface area contributed by atoms with E-state index in [-0.39, 0.29) is 29.7 Å². The zero-order valence-corrected chi connectivity index (χ0v) is 12.6. The van der Waals surface area contributed by atoms with E-state index in [1.807, 2.05) is 13.8 Å². The molecule has 1 atom stereocenters. The Morgan fingerprint density at radius 2 is 1.95 bits per heavy atom. The molecule has 0 radical (unpaired) electrons. The van der Waals surface area contributed by atoms with Crippen LogP contribution in [0.2, 0.25) is 0 Å². The summed E-state index contributed by atoms with van der Waals surface area (Å²) in [5.41, 5.74) is 0. The molecule has 20 heavy (non-hydrogen) atoms. The van der Waals surface area contributed by atoms with Crippen LogP contribution in [0.15, 0.2) is 0 Å². The topological polar surface area (TPSA) is 106 Å². The Morgan fingerprint density at radius 1 is 1.25 bits per heavy atom. The Morgan fingerprint density at radius 3 is 2.50 bits per heavy atom. The smallest absolute Gasteiger partial charge is 0.323 e. The maximum Gasteiger partial charge on any atom is 0.323 e. The second-order valence-corrected chi connectivity index (χ2v) is 7.15. The van der Waals surface area contributed by atoms with E-state index in [9.17, 15) is 8.42 Å². The zero-order valence-electron chi connectivity index (χ0n) is 11.8. The number of ether oxygens (including phenoxy) is 1. The third-order valence-corrected chi connectivity index (χ3v) is 4.51. The quantitative estimate of drug-likeness (QED) is 0.800. The molecule has 0 bridgehead atoms. The van der Waals surface area contributed by atoms with Gasteiger partial charge in [-0.25, -0.2) is 8.42 Å². The molecule has 2 heterocycles. The highest BCUT2D eigenvalue weighted by Crippen LogP contribution is 2.18. The van der Waals surface area contributed by atoms with Crippen LogP contribution in [0.1, 0.15) is 20.3 Å². The summed E-state index contributed by atoms with van der Waals surface area (Å²) in [5, 5.41) is 5.85. The molecule has 9 heteroatoms. The second-order valence-electron chi connectivity index (χ2n) is 4.93. The third-order valence-electron chi connectivity index (χ3n) is 2.75. The molecule has 2 N–H and O–H groups in total. The lowest BCUT2D eigenvalue weighted by molar-refractivity contribution is 0.222. The average molecular weight is 301 g/mol. The molecule has 1 unspecified atom stereocenters. The largest absolute Gasteiger partial charge is 0.461 e. The fourth-order valence-corrected chi connectivity index (χ4v) is 3.56. The van der Waals surface area contributed by atoms with E-state index in [0.29, 0.717) is 18.3 Å². The third kappa shape index (κ3) is 3.92. The van der Waals surface area contributed by atoms with Gasteiger partial charge in [-0.1, -0.05) is 0 Å². The molecule has 1 aliphatic rings. The van der Waals surface area contributed by atoms with E-state index >= 15 is 0 Å². The number of anilines is 2. The van der Waals surface area contributed by atoms with E-state index in [1.54, 1.807) is 7.05 Å². The lowest BCUT2D eigenvalue weighted by Crippen LogP contribution is -2.23. The molecule has 0 spiro atoms. The fourth-order valence-electron chi connectivity index (χ4n) is 1.89. The van der Waals surface area contributed by atoms with Gasteiger partial charge < -0.3 is 15.4 Å². The molecule has 0 aliphatic carbocycles. The summed E-state index contributed by atoms with van der Waals surface area (Å²) >= 11 is 0.